The second-order valence-electron chi connectivity index (χ2n) is 6.08. The number of hydrogen-bond donors (Lipinski definition) is 2. The van der Waals surface area contributed by atoms with Gasteiger partial charge in [-0.1, -0.05) is 42.5 Å². The van der Waals surface area contributed by atoms with E-state index < -0.39 is 11.9 Å². The van der Waals surface area contributed by atoms with Crippen LogP contribution in [0.4, 0.5) is 0 Å². The molecule has 7 nitrogen and oxygen atoms in total. The first kappa shape index (κ1) is 21.0. The Kier molecular flexibility index (Phi) is 8.52. The van der Waals surface area contributed by atoms with Crippen molar-refractivity contribution in [1.29, 1.82) is 0 Å². The largest absolute Gasteiger partial charge is 0.497 e. The number of carbonyl (C=O) groups excluding carboxylic acids is 3. The molecule has 2 amide bonds. The van der Waals surface area contributed by atoms with E-state index in [0.717, 1.165) is 11.1 Å². The van der Waals surface area contributed by atoms with Crippen LogP contribution in [0.15, 0.2) is 54.6 Å². The highest BCUT2D eigenvalue weighted by Crippen LogP contribution is 2.11. The Bertz CT molecular complexity index is 775. The zero-order chi connectivity index (χ0) is 20.2. The molecular weight excluding hydrogens is 360 g/mol. The highest BCUT2D eigenvalue weighted by molar-refractivity contribution is 5.85. The molecule has 0 unspecified atom stereocenters. The van der Waals surface area contributed by atoms with Gasteiger partial charge in [-0.05, 0) is 23.3 Å². The van der Waals surface area contributed by atoms with Gasteiger partial charge in [-0.3, -0.25) is 25.2 Å². The topological polar surface area (TPSA) is 93.7 Å². The van der Waals surface area contributed by atoms with Crippen molar-refractivity contribution in [3.8, 4) is 5.75 Å². The van der Waals surface area contributed by atoms with Crippen LogP contribution in [0.25, 0.3) is 0 Å². The van der Waals surface area contributed by atoms with Gasteiger partial charge < -0.3 is 9.47 Å². The van der Waals surface area contributed by atoms with Crippen molar-refractivity contribution < 1.29 is 23.9 Å². The first-order chi connectivity index (χ1) is 13.6. The van der Waals surface area contributed by atoms with Crippen molar-refractivity contribution in [3.05, 3.63) is 65.7 Å². The zero-order valence-electron chi connectivity index (χ0n) is 15.8. The van der Waals surface area contributed by atoms with E-state index in [9.17, 15) is 14.4 Å². The lowest BCUT2D eigenvalue weighted by molar-refractivity contribution is -0.145. The molecule has 148 valence electrons. The third-order valence-electron chi connectivity index (χ3n) is 3.92. The van der Waals surface area contributed by atoms with Crippen molar-refractivity contribution >= 4 is 17.8 Å². The van der Waals surface area contributed by atoms with E-state index in [4.69, 9.17) is 9.47 Å². The van der Waals surface area contributed by atoms with Gasteiger partial charge in [-0.25, -0.2) is 0 Å². The van der Waals surface area contributed by atoms with Crippen molar-refractivity contribution in [1.82, 2.24) is 10.9 Å². The Balaban J connectivity index is 1.58. The van der Waals surface area contributed by atoms with E-state index in [1.54, 1.807) is 31.4 Å². The molecule has 0 spiro atoms. The quantitative estimate of drug-likeness (QED) is 0.509. The number of hydrogen-bond acceptors (Lipinski definition) is 5. The van der Waals surface area contributed by atoms with E-state index in [0.29, 0.717) is 12.2 Å². The third-order valence-corrected chi connectivity index (χ3v) is 3.92. The molecule has 0 saturated heterocycles. The van der Waals surface area contributed by atoms with E-state index in [-0.39, 0.29) is 31.8 Å². The molecule has 0 atom stereocenters. The van der Waals surface area contributed by atoms with Crippen LogP contribution in [0.3, 0.4) is 0 Å². The predicted octanol–water partition coefficient (Wildman–Crippen LogP) is 1.95. The first-order valence-electron chi connectivity index (χ1n) is 8.97. The highest BCUT2D eigenvalue weighted by Gasteiger charge is 2.10. The number of benzene rings is 2. The molecule has 2 N–H and O–H groups in total. The van der Waals surface area contributed by atoms with Crippen molar-refractivity contribution in [2.45, 2.75) is 25.7 Å². The molecular formula is C21H24N2O5. The Labute approximate surface area is 164 Å². The fraction of sp³-hybridized carbons (Fsp3) is 0.286. The molecule has 0 saturated carbocycles. The number of ether oxygens (including phenoxy) is 2. The number of rotatable bonds is 9. The molecule has 0 aliphatic carbocycles. The summed E-state index contributed by atoms with van der Waals surface area (Å²) >= 11 is 0. The number of amides is 2. The number of carbonyl (C=O) groups is 3. The SMILES string of the molecule is COc1ccc(CC(=O)NNC(=O)CCC(=O)OCCc2ccccc2)cc1. The molecule has 28 heavy (non-hydrogen) atoms. The second-order valence-corrected chi connectivity index (χ2v) is 6.08. The molecule has 0 radical (unpaired) electrons. The predicted molar refractivity (Wildman–Crippen MR) is 103 cm³/mol. The van der Waals surface area contributed by atoms with Crippen molar-refractivity contribution in [2.75, 3.05) is 13.7 Å². The summed E-state index contributed by atoms with van der Waals surface area (Å²) in [7, 11) is 1.57. The lowest BCUT2D eigenvalue weighted by atomic mass is 10.1. The molecule has 0 aromatic heterocycles. The summed E-state index contributed by atoms with van der Waals surface area (Å²) in [5.41, 5.74) is 6.48. The van der Waals surface area contributed by atoms with Crippen LogP contribution in [0.5, 0.6) is 5.75 Å². The van der Waals surface area contributed by atoms with Gasteiger partial charge in [0.15, 0.2) is 0 Å². The first-order valence-corrected chi connectivity index (χ1v) is 8.97. The van der Waals surface area contributed by atoms with Crippen LogP contribution in [0.1, 0.15) is 24.0 Å². The fourth-order valence-corrected chi connectivity index (χ4v) is 2.39. The molecule has 2 aromatic carbocycles. The minimum Gasteiger partial charge on any atom is -0.497 e. The van der Waals surface area contributed by atoms with E-state index in [1.807, 2.05) is 30.3 Å². The molecule has 0 fully saturated rings. The number of hydrazine groups is 1. The van der Waals surface area contributed by atoms with Crippen LogP contribution in [-0.2, 0) is 32.0 Å². The molecule has 0 aliphatic rings. The van der Waals surface area contributed by atoms with Gasteiger partial charge in [0.25, 0.3) is 0 Å². The maximum absolute atomic E-state index is 11.8. The van der Waals surface area contributed by atoms with Crippen molar-refractivity contribution in [3.63, 3.8) is 0 Å². The molecule has 2 aromatic rings. The Morgan fingerprint density at radius 3 is 2.18 bits per heavy atom. The minimum atomic E-state index is -0.455. The zero-order valence-corrected chi connectivity index (χ0v) is 15.8. The van der Waals surface area contributed by atoms with E-state index in [2.05, 4.69) is 10.9 Å². The molecule has 0 aliphatic heterocycles. The second kappa shape index (κ2) is 11.4. The Hall–Kier alpha value is -3.35. The molecule has 2 rings (SSSR count). The van der Waals surface area contributed by atoms with Gasteiger partial charge in [0, 0.05) is 12.8 Å². The summed E-state index contributed by atoms with van der Waals surface area (Å²) in [5, 5.41) is 0. The normalized spacial score (nSPS) is 10.0. The van der Waals surface area contributed by atoms with Gasteiger partial charge in [-0.2, -0.15) is 0 Å². The maximum atomic E-state index is 11.8. The fourth-order valence-electron chi connectivity index (χ4n) is 2.39. The minimum absolute atomic E-state index is 0.0467. The average molecular weight is 384 g/mol. The standard InChI is InChI=1S/C21H24N2O5/c1-27-18-9-7-17(8-10-18)15-20(25)23-22-19(24)11-12-21(26)28-14-13-16-5-3-2-4-6-16/h2-10H,11-15H2,1H3,(H,22,24)(H,23,25). The van der Waals surface area contributed by atoms with Gasteiger partial charge in [0.2, 0.25) is 11.8 Å². The molecule has 0 bridgehead atoms. The summed E-state index contributed by atoms with van der Waals surface area (Å²) in [4.78, 5) is 35.2. The van der Waals surface area contributed by atoms with Gasteiger partial charge in [0.1, 0.15) is 5.75 Å². The van der Waals surface area contributed by atoms with Crippen LogP contribution < -0.4 is 15.6 Å². The van der Waals surface area contributed by atoms with E-state index in [1.165, 1.54) is 0 Å². The number of esters is 1. The summed E-state index contributed by atoms with van der Waals surface area (Å²) < 4.78 is 10.2. The lowest BCUT2D eigenvalue weighted by Gasteiger charge is -2.08. The van der Waals surface area contributed by atoms with Crippen LogP contribution in [-0.4, -0.2) is 31.5 Å². The summed E-state index contributed by atoms with van der Waals surface area (Å²) in [6.07, 6.45) is 0.633. The van der Waals surface area contributed by atoms with Crippen LogP contribution in [0.2, 0.25) is 0 Å². The van der Waals surface area contributed by atoms with Crippen LogP contribution in [0, 0.1) is 0 Å². The monoisotopic (exact) mass is 384 g/mol. The summed E-state index contributed by atoms with van der Waals surface area (Å²) in [6.45, 7) is 0.267. The molecule has 0 heterocycles. The summed E-state index contributed by atoms with van der Waals surface area (Å²) in [5.74, 6) is -0.559. The third kappa shape index (κ3) is 7.90. The van der Waals surface area contributed by atoms with Gasteiger partial charge >= 0.3 is 5.97 Å². The summed E-state index contributed by atoms with van der Waals surface area (Å²) in [6, 6.07) is 16.7. The number of nitrogens with one attached hydrogen (secondary N) is 2. The smallest absolute Gasteiger partial charge is 0.306 e. The maximum Gasteiger partial charge on any atom is 0.306 e. The number of methoxy groups -OCH3 is 1. The average Bonchev–Trinajstić information content (AvgIpc) is 2.72. The Morgan fingerprint density at radius 2 is 1.50 bits per heavy atom. The van der Waals surface area contributed by atoms with E-state index >= 15 is 0 Å². The molecule has 7 heteroatoms. The van der Waals surface area contributed by atoms with Crippen molar-refractivity contribution in [2.24, 2.45) is 0 Å². The highest BCUT2D eigenvalue weighted by atomic mass is 16.5. The van der Waals surface area contributed by atoms with Crippen LogP contribution >= 0.6 is 0 Å². The van der Waals surface area contributed by atoms with Gasteiger partial charge in [0.05, 0.1) is 26.6 Å². The Morgan fingerprint density at radius 1 is 0.821 bits per heavy atom. The van der Waals surface area contributed by atoms with Gasteiger partial charge in [-0.15, -0.1) is 0 Å². The lowest BCUT2D eigenvalue weighted by Crippen LogP contribution is -2.42.